The summed E-state index contributed by atoms with van der Waals surface area (Å²) in [5, 5.41) is 0. The van der Waals surface area contributed by atoms with Gasteiger partial charge in [-0.25, -0.2) is 0 Å². The molecule has 1 aromatic carbocycles. The summed E-state index contributed by atoms with van der Waals surface area (Å²) in [6.07, 6.45) is 4.28. The van der Waals surface area contributed by atoms with E-state index in [2.05, 4.69) is 29.2 Å². The fourth-order valence-corrected chi connectivity index (χ4v) is 3.44. The zero-order chi connectivity index (χ0) is 13.3. The van der Waals surface area contributed by atoms with Crippen LogP contribution in [0.3, 0.4) is 0 Å². The monoisotopic (exact) mass is 258 g/mol. The molecule has 0 unspecified atom stereocenters. The summed E-state index contributed by atoms with van der Waals surface area (Å²) in [6.45, 7) is 2.98. The maximum Gasteiger partial charge on any atom is 0.224 e. The van der Waals surface area contributed by atoms with E-state index in [0.29, 0.717) is 5.92 Å². The van der Waals surface area contributed by atoms with Gasteiger partial charge in [0, 0.05) is 6.54 Å². The first-order valence-electron chi connectivity index (χ1n) is 7.27. The van der Waals surface area contributed by atoms with Gasteiger partial charge < -0.3 is 5.73 Å². The average Bonchev–Trinajstić information content (AvgIpc) is 3.25. The minimum atomic E-state index is -0.187. The van der Waals surface area contributed by atoms with E-state index < -0.39 is 0 Å². The Balaban J connectivity index is 1.61. The number of nitrogens with zero attached hydrogens (tertiary/aromatic N) is 1. The van der Waals surface area contributed by atoms with Gasteiger partial charge in [0.2, 0.25) is 5.91 Å². The highest BCUT2D eigenvalue weighted by atomic mass is 16.1. The number of hydrogen-bond acceptors (Lipinski definition) is 2. The normalized spacial score (nSPS) is 23.2. The minimum absolute atomic E-state index is 0.0608. The fraction of sp³-hybridized carbons (Fsp3) is 0.562. The summed E-state index contributed by atoms with van der Waals surface area (Å²) in [6, 6.07) is 10.5. The van der Waals surface area contributed by atoms with Crippen molar-refractivity contribution in [3.05, 3.63) is 35.9 Å². The highest BCUT2D eigenvalue weighted by Gasteiger charge is 2.50. The molecule has 3 heteroatoms. The Morgan fingerprint density at radius 2 is 1.84 bits per heavy atom. The van der Waals surface area contributed by atoms with Gasteiger partial charge in [-0.2, -0.15) is 0 Å². The molecule has 2 N–H and O–H groups in total. The number of rotatable bonds is 4. The second-order valence-corrected chi connectivity index (χ2v) is 6.06. The standard InChI is InChI=1S/C16H22N2O/c17-15(19)16(14-6-7-14)8-10-18(11-9-16)12-13-4-2-1-3-5-13/h1-5,14H,6-12H2,(H2,17,19). The third-order valence-corrected chi connectivity index (χ3v) is 4.85. The van der Waals surface area contributed by atoms with Crippen LogP contribution in [-0.4, -0.2) is 23.9 Å². The molecule has 0 bridgehead atoms. The molecule has 2 fully saturated rings. The molecule has 1 amide bonds. The van der Waals surface area contributed by atoms with Crippen molar-refractivity contribution in [2.75, 3.05) is 13.1 Å². The van der Waals surface area contributed by atoms with Crippen molar-refractivity contribution in [3.8, 4) is 0 Å². The lowest BCUT2D eigenvalue weighted by Crippen LogP contribution is -2.48. The van der Waals surface area contributed by atoms with Crippen molar-refractivity contribution in [1.29, 1.82) is 0 Å². The van der Waals surface area contributed by atoms with Crippen molar-refractivity contribution in [2.24, 2.45) is 17.1 Å². The van der Waals surface area contributed by atoms with E-state index in [9.17, 15) is 4.79 Å². The van der Waals surface area contributed by atoms with Gasteiger partial charge in [0.05, 0.1) is 5.41 Å². The lowest BCUT2D eigenvalue weighted by molar-refractivity contribution is -0.132. The number of amides is 1. The van der Waals surface area contributed by atoms with E-state index in [-0.39, 0.29) is 11.3 Å². The maximum absolute atomic E-state index is 11.8. The first-order valence-corrected chi connectivity index (χ1v) is 7.27. The lowest BCUT2D eigenvalue weighted by Gasteiger charge is -2.40. The Bertz CT molecular complexity index is 445. The zero-order valence-corrected chi connectivity index (χ0v) is 11.3. The Labute approximate surface area is 114 Å². The zero-order valence-electron chi connectivity index (χ0n) is 11.3. The van der Waals surface area contributed by atoms with Crippen LogP contribution in [0.25, 0.3) is 0 Å². The number of piperidine rings is 1. The smallest absolute Gasteiger partial charge is 0.224 e. The predicted octanol–water partition coefficient (Wildman–Crippen LogP) is 2.16. The maximum atomic E-state index is 11.8. The van der Waals surface area contributed by atoms with Crippen LogP contribution < -0.4 is 5.73 Å². The van der Waals surface area contributed by atoms with E-state index >= 15 is 0 Å². The number of benzene rings is 1. The highest BCUT2D eigenvalue weighted by molar-refractivity contribution is 5.81. The molecule has 1 saturated carbocycles. The summed E-state index contributed by atoms with van der Waals surface area (Å²) in [5.74, 6) is 0.512. The van der Waals surface area contributed by atoms with Gasteiger partial charge in [0.1, 0.15) is 0 Å². The molecular weight excluding hydrogens is 236 g/mol. The largest absolute Gasteiger partial charge is 0.369 e. The summed E-state index contributed by atoms with van der Waals surface area (Å²) in [4.78, 5) is 14.3. The van der Waals surface area contributed by atoms with E-state index in [1.54, 1.807) is 0 Å². The Morgan fingerprint density at radius 1 is 1.21 bits per heavy atom. The number of hydrogen-bond donors (Lipinski definition) is 1. The number of primary amides is 1. The molecule has 0 atom stereocenters. The van der Waals surface area contributed by atoms with E-state index in [4.69, 9.17) is 5.73 Å². The summed E-state index contributed by atoms with van der Waals surface area (Å²) in [5.41, 5.74) is 6.84. The molecule has 1 saturated heterocycles. The third kappa shape index (κ3) is 2.52. The number of carbonyl (C=O) groups excluding carboxylic acids is 1. The summed E-state index contributed by atoms with van der Waals surface area (Å²) in [7, 11) is 0. The van der Waals surface area contributed by atoms with Crippen LogP contribution in [0.5, 0.6) is 0 Å². The van der Waals surface area contributed by atoms with Crippen LogP contribution in [0.4, 0.5) is 0 Å². The van der Waals surface area contributed by atoms with Gasteiger partial charge in [-0.15, -0.1) is 0 Å². The topological polar surface area (TPSA) is 46.3 Å². The van der Waals surface area contributed by atoms with Crippen LogP contribution in [0.2, 0.25) is 0 Å². The Kier molecular flexibility index (Phi) is 3.31. The van der Waals surface area contributed by atoms with Crippen LogP contribution in [0, 0.1) is 11.3 Å². The van der Waals surface area contributed by atoms with Gasteiger partial charge in [0.15, 0.2) is 0 Å². The number of likely N-dealkylation sites (tertiary alicyclic amines) is 1. The predicted molar refractivity (Wildman–Crippen MR) is 75.3 cm³/mol. The molecule has 3 nitrogen and oxygen atoms in total. The molecule has 2 aliphatic rings. The van der Waals surface area contributed by atoms with E-state index in [0.717, 1.165) is 32.5 Å². The average molecular weight is 258 g/mol. The molecular formula is C16H22N2O. The van der Waals surface area contributed by atoms with Gasteiger partial charge >= 0.3 is 0 Å². The molecule has 1 aromatic rings. The molecule has 0 spiro atoms. The molecule has 0 aromatic heterocycles. The highest BCUT2D eigenvalue weighted by Crippen LogP contribution is 2.51. The first kappa shape index (κ1) is 12.7. The second-order valence-electron chi connectivity index (χ2n) is 6.06. The molecule has 3 rings (SSSR count). The second kappa shape index (κ2) is 4.97. The summed E-state index contributed by atoms with van der Waals surface area (Å²) < 4.78 is 0. The Morgan fingerprint density at radius 3 is 2.37 bits per heavy atom. The van der Waals surface area contributed by atoms with Crippen molar-refractivity contribution in [3.63, 3.8) is 0 Å². The number of carbonyl (C=O) groups is 1. The molecule has 0 radical (unpaired) electrons. The molecule has 19 heavy (non-hydrogen) atoms. The molecule has 1 aliphatic carbocycles. The lowest BCUT2D eigenvalue weighted by atomic mass is 9.73. The van der Waals surface area contributed by atoms with Gasteiger partial charge in [-0.05, 0) is 50.3 Å². The number of nitrogens with two attached hydrogens (primary N) is 1. The molecule has 1 heterocycles. The first-order chi connectivity index (χ1) is 9.21. The van der Waals surface area contributed by atoms with Crippen LogP contribution in [0.1, 0.15) is 31.2 Å². The fourth-order valence-electron chi connectivity index (χ4n) is 3.44. The van der Waals surface area contributed by atoms with E-state index in [1.165, 1.54) is 18.4 Å². The minimum Gasteiger partial charge on any atom is -0.369 e. The van der Waals surface area contributed by atoms with Gasteiger partial charge in [0.25, 0.3) is 0 Å². The van der Waals surface area contributed by atoms with Gasteiger partial charge in [-0.1, -0.05) is 30.3 Å². The van der Waals surface area contributed by atoms with Crippen LogP contribution in [0.15, 0.2) is 30.3 Å². The van der Waals surface area contributed by atoms with E-state index in [1.807, 2.05) is 6.07 Å². The van der Waals surface area contributed by atoms with Gasteiger partial charge in [-0.3, -0.25) is 9.69 Å². The van der Waals surface area contributed by atoms with Crippen molar-refractivity contribution in [1.82, 2.24) is 4.90 Å². The summed E-state index contributed by atoms with van der Waals surface area (Å²) >= 11 is 0. The Hall–Kier alpha value is -1.35. The van der Waals surface area contributed by atoms with Crippen molar-refractivity contribution in [2.45, 2.75) is 32.2 Å². The van der Waals surface area contributed by atoms with Crippen molar-refractivity contribution < 1.29 is 4.79 Å². The van der Waals surface area contributed by atoms with Crippen LogP contribution in [-0.2, 0) is 11.3 Å². The van der Waals surface area contributed by atoms with Crippen LogP contribution >= 0.6 is 0 Å². The molecule has 102 valence electrons. The third-order valence-electron chi connectivity index (χ3n) is 4.85. The van der Waals surface area contributed by atoms with Crippen molar-refractivity contribution >= 4 is 5.91 Å². The SMILES string of the molecule is NC(=O)C1(C2CC2)CCN(Cc2ccccc2)CC1. The quantitative estimate of drug-likeness (QED) is 0.899. The molecule has 1 aliphatic heterocycles.